The Kier molecular flexibility index (Phi) is 9.84. The van der Waals surface area contributed by atoms with Crippen LogP contribution in [0.15, 0.2) is 18.3 Å². The molecule has 176 valence electrons. The fourth-order valence-corrected chi connectivity index (χ4v) is 6.40. The molecule has 12 heteroatoms. The summed E-state index contributed by atoms with van der Waals surface area (Å²) in [6, 6.07) is 3.83. The lowest BCUT2D eigenvalue weighted by molar-refractivity contribution is -0.134. The highest BCUT2D eigenvalue weighted by molar-refractivity contribution is 7.98. The number of aromatic nitrogens is 1. The number of ether oxygens (including phenoxy) is 2. The van der Waals surface area contributed by atoms with Gasteiger partial charge in [0.15, 0.2) is 4.75 Å². The third kappa shape index (κ3) is 5.63. The van der Waals surface area contributed by atoms with Gasteiger partial charge >= 0.3 is 0 Å². The molecule has 3 rings (SSSR count). The summed E-state index contributed by atoms with van der Waals surface area (Å²) in [6.45, 7) is 1.58. The number of nitrogens with zero attached hydrogens (tertiary/aromatic N) is 2. The molecule has 2 fully saturated rings. The summed E-state index contributed by atoms with van der Waals surface area (Å²) in [4.78, 5) is 16.8. The van der Waals surface area contributed by atoms with E-state index in [0.717, 1.165) is 17.2 Å². The minimum Gasteiger partial charge on any atom is -0.491 e. The molecule has 1 aromatic rings. The molecule has 0 aromatic carbocycles. The van der Waals surface area contributed by atoms with Crippen LogP contribution in [0.25, 0.3) is 0 Å². The molecule has 3 heterocycles. The first kappa shape index (κ1) is 26.1. The van der Waals surface area contributed by atoms with Gasteiger partial charge in [-0.05, 0) is 31.2 Å². The largest absolute Gasteiger partial charge is 0.491 e. The number of pyridine rings is 1. The lowest BCUT2D eigenvalue weighted by Gasteiger charge is -2.40. The van der Waals surface area contributed by atoms with Crippen LogP contribution in [0.1, 0.15) is 37.3 Å². The average molecular weight is 496 g/mol. The Morgan fingerprint density at radius 1 is 1.35 bits per heavy atom. The zero-order chi connectivity index (χ0) is 21.6. The van der Waals surface area contributed by atoms with Gasteiger partial charge in [0.05, 0.1) is 12.8 Å². The first-order valence-corrected chi connectivity index (χ1v) is 12.9. The number of thioether (sulfide) groups is 1. The van der Waals surface area contributed by atoms with Gasteiger partial charge in [-0.2, -0.15) is 11.8 Å². The van der Waals surface area contributed by atoms with Crippen molar-refractivity contribution in [2.75, 3.05) is 44.9 Å². The van der Waals surface area contributed by atoms with Crippen LogP contribution < -0.4 is 10.2 Å². The summed E-state index contributed by atoms with van der Waals surface area (Å²) in [7, 11) is -3.94. The Labute approximate surface area is 193 Å². The number of amides is 1. The van der Waals surface area contributed by atoms with Crippen LogP contribution in [0.2, 0.25) is 0 Å². The van der Waals surface area contributed by atoms with Crippen molar-refractivity contribution in [2.24, 2.45) is 0 Å². The normalized spacial score (nSPS) is 19.9. The van der Waals surface area contributed by atoms with Gasteiger partial charge in [-0.25, -0.2) is 18.2 Å². The van der Waals surface area contributed by atoms with Gasteiger partial charge < -0.3 is 9.47 Å². The van der Waals surface area contributed by atoms with Crippen LogP contribution in [-0.4, -0.2) is 78.5 Å². The maximum absolute atomic E-state index is 13.3. The summed E-state index contributed by atoms with van der Waals surface area (Å²) in [6.07, 6.45) is 5.03. The zero-order valence-electron chi connectivity index (χ0n) is 17.5. The van der Waals surface area contributed by atoms with E-state index in [0.29, 0.717) is 32.5 Å². The summed E-state index contributed by atoms with van der Waals surface area (Å²) < 4.78 is 37.3. The molecule has 9 nitrogen and oxygen atoms in total. The predicted octanol–water partition coefficient (Wildman–Crippen LogP) is 1.81. The van der Waals surface area contributed by atoms with Gasteiger partial charge in [-0.3, -0.25) is 15.0 Å². The van der Waals surface area contributed by atoms with Gasteiger partial charge in [-0.15, -0.1) is 12.4 Å². The lowest BCUT2D eigenvalue weighted by atomic mass is 9.94. The molecule has 0 radical (unpaired) electrons. The minimum atomic E-state index is -3.94. The molecule has 0 spiro atoms. The number of rotatable bonds is 8. The molecule has 0 saturated carbocycles. The van der Waals surface area contributed by atoms with Gasteiger partial charge in [0.2, 0.25) is 10.0 Å². The Balaban J connectivity index is 0.00000341. The molecule has 0 atom stereocenters. The van der Waals surface area contributed by atoms with Crippen molar-refractivity contribution in [3.63, 3.8) is 0 Å². The second kappa shape index (κ2) is 11.7. The molecule has 1 amide bonds. The van der Waals surface area contributed by atoms with E-state index in [1.54, 1.807) is 23.4 Å². The molecule has 0 unspecified atom stereocenters. The molecular formula is C19H30ClN3O6S2. The number of carbonyl (C=O) groups is 1. The average Bonchev–Trinajstić information content (AvgIpc) is 2.79. The van der Waals surface area contributed by atoms with Crippen molar-refractivity contribution >= 4 is 40.1 Å². The molecule has 1 aromatic heterocycles. The van der Waals surface area contributed by atoms with Crippen LogP contribution in [0.4, 0.5) is 0 Å². The van der Waals surface area contributed by atoms with Gasteiger partial charge in [0, 0.05) is 56.5 Å². The Bertz CT molecular complexity index is 810. The summed E-state index contributed by atoms with van der Waals surface area (Å²) >= 11 is 1.72. The highest BCUT2D eigenvalue weighted by Crippen LogP contribution is 2.36. The van der Waals surface area contributed by atoms with Gasteiger partial charge in [-0.1, -0.05) is 0 Å². The molecule has 2 aliphatic heterocycles. The number of sulfonamides is 1. The molecule has 31 heavy (non-hydrogen) atoms. The zero-order valence-corrected chi connectivity index (χ0v) is 19.9. The number of carbonyl (C=O) groups excluding carboxylic acids is 1. The van der Waals surface area contributed by atoms with Crippen molar-refractivity contribution < 1.29 is 27.9 Å². The maximum atomic E-state index is 13.3. The fraction of sp³-hybridized carbons (Fsp3) is 0.684. The Morgan fingerprint density at radius 2 is 2.03 bits per heavy atom. The van der Waals surface area contributed by atoms with Crippen LogP contribution in [0.5, 0.6) is 5.75 Å². The van der Waals surface area contributed by atoms with E-state index in [1.807, 2.05) is 18.4 Å². The molecule has 2 N–H and O–H groups in total. The summed E-state index contributed by atoms with van der Waals surface area (Å²) in [5.74, 6) is 0.904. The molecule has 2 aliphatic rings. The van der Waals surface area contributed by atoms with Crippen molar-refractivity contribution in [2.45, 2.75) is 36.3 Å². The monoisotopic (exact) mass is 495 g/mol. The highest BCUT2D eigenvalue weighted by atomic mass is 35.5. The lowest BCUT2D eigenvalue weighted by Crippen LogP contribution is -2.60. The van der Waals surface area contributed by atoms with E-state index in [1.165, 1.54) is 4.31 Å². The molecule has 2 saturated heterocycles. The fourth-order valence-electron chi connectivity index (χ4n) is 4.01. The maximum Gasteiger partial charge on any atom is 0.266 e. The summed E-state index contributed by atoms with van der Waals surface area (Å²) in [5, 5.41) is 9.15. The quantitative estimate of drug-likeness (QED) is 0.318. The van der Waals surface area contributed by atoms with Gasteiger partial charge in [0.1, 0.15) is 5.75 Å². The van der Waals surface area contributed by atoms with E-state index >= 15 is 0 Å². The Morgan fingerprint density at radius 3 is 2.58 bits per heavy atom. The third-order valence-electron chi connectivity index (χ3n) is 5.84. The molecule has 0 aliphatic carbocycles. The standard InChI is InChI=1S/C19H29N3O6S2.ClH/c1-29-13-12-28-16-2-3-17(20-14-16)15-4-8-22(9-5-15)30(25,26)19(18(23)21-24)6-10-27-11-7-19;/h2-3,14-15,24H,4-13H2,1H3,(H,21,23);1H. The van der Waals surface area contributed by atoms with E-state index in [4.69, 9.17) is 14.7 Å². The summed E-state index contributed by atoms with van der Waals surface area (Å²) in [5.41, 5.74) is 2.47. The number of piperidine rings is 1. The number of hydrogen-bond acceptors (Lipinski definition) is 8. The van der Waals surface area contributed by atoms with Crippen molar-refractivity contribution in [1.29, 1.82) is 0 Å². The van der Waals surface area contributed by atoms with E-state index in [-0.39, 0.29) is 44.4 Å². The first-order chi connectivity index (χ1) is 14.4. The second-order valence-electron chi connectivity index (χ2n) is 7.49. The number of nitrogens with one attached hydrogen (secondary N) is 1. The highest BCUT2D eigenvalue weighted by Gasteiger charge is 2.54. The topological polar surface area (TPSA) is 118 Å². The molecule has 0 bridgehead atoms. The van der Waals surface area contributed by atoms with Crippen LogP contribution >= 0.6 is 24.2 Å². The number of hydrogen-bond donors (Lipinski definition) is 2. The smallest absolute Gasteiger partial charge is 0.266 e. The van der Waals surface area contributed by atoms with Gasteiger partial charge in [0.25, 0.3) is 5.91 Å². The van der Waals surface area contributed by atoms with E-state index < -0.39 is 20.7 Å². The van der Waals surface area contributed by atoms with Crippen molar-refractivity contribution in [1.82, 2.24) is 14.8 Å². The van der Waals surface area contributed by atoms with Crippen LogP contribution in [0, 0.1) is 0 Å². The Hall–Kier alpha value is -1.11. The van der Waals surface area contributed by atoms with Crippen molar-refractivity contribution in [3.8, 4) is 5.75 Å². The SMILES string of the molecule is CSCCOc1ccc(C2CCN(S(=O)(=O)C3(C(=O)NO)CCOCC3)CC2)nc1.Cl. The van der Waals surface area contributed by atoms with E-state index in [9.17, 15) is 13.2 Å². The third-order valence-corrected chi connectivity index (χ3v) is 9.04. The first-order valence-electron chi connectivity index (χ1n) is 10.0. The second-order valence-corrected chi connectivity index (χ2v) is 10.7. The van der Waals surface area contributed by atoms with E-state index in [2.05, 4.69) is 4.98 Å². The number of halogens is 1. The van der Waals surface area contributed by atoms with Crippen LogP contribution in [-0.2, 0) is 19.6 Å². The number of hydroxylamine groups is 1. The van der Waals surface area contributed by atoms with Crippen LogP contribution in [0.3, 0.4) is 0 Å². The molecular weight excluding hydrogens is 466 g/mol. The van der Waals surface area contributed by atoms with Crippen molar-refractivity contribution in [3.05, 3.63) is 24.0 Å². The predicted molar refractivity (Wildman–Crippen MR) is 121 cm³/mol. The minimum absolute atomic E-state index is 0.